The summed E-state index contributed by atoms with van der Waals surface area (Å²) in [7, 11) is 0. The average molecular weight is 293 g/mol. The second-order valence-corrected chi connectivity index (χ2v) is 5.45. The van der Waals surface area contributed by atoms with E-state index >= 15 is 0 Å². The van der Waals surface area contributed by atoms with Crippen LogP contribution in [0.5, 0.6) is 0 Å². The van der Waals surface area contributed by atoms with Gasteiger partial charge in [0, 0.05) is 4.88 Å². The molecule has 0 bridgehead atoms. The van der Waals surface area contributed by atoms with Gasteiger partial charge in [-0.1, -0.05) is 25.5 Å². The molecule has 5 heteroatoms. The zero-order valence-electron chi connectivity index (χ0n) is 11.1. The highest BCUT2D eigenvalue weighted by molar-refractivity contribution is 7.10. The summed E-state index contributed by atoms with van der Waals surface area (Å²) in [4.78, 5) is 12.3. The summed E-state index contributed by atoms with van der Waals surface area (Å²) in [6.07, 6.45) is 1.81. The van der Waals surface area contributed by atoms with Gasteiger partial charge in [0.15, 0.2) is 0 Å². The van der Waals surface area contributed by atoms with Crippen molar-refractivity contribution in [2.24, 2.45) is 0 Å². The van der Waals surface area contributed by atoms with Gasteiger partial charge in [-0.3, -0.25) is 0 Å². The largest absolute Gasteiger partial charge is 0.478 e. The van der Waals surface area contributed by atoms with Gasteiger partial charge < -0.3 is 10.4 Å². The average Bonchev–Trinajstić information content (AvgIpc) is 2.91. The van der Waals surface area contributed by atoms with E-state index in [1.807, 2.05) is 17.5 Å². The first kappa shape index (κ1) is 14.5. The first-order valence-electron chi connectivity index (χ1n) is 6.45. The van der Waals surface area contributed by atoms with Gasteiger partial charge >= 0.3 is 5.97 Å². The van der Waals surface area contributed by atoms with Crippen LogP contribution in [-0.2, 0) is 0 Å². The Balaban J connectivity index is 2.32. The SMILES string of the molecule is CCCC(Nc1cccc(F)c1C(=O)O)c1cccs1. The maximum Gasteiger partial charge on any atom is 0.340 e. The van der Waals surface area contributed by atoms with Crippen molar-refractivity contribution in [3.8, 4) is 0 Å². The molecule has 0 amide bonds. The Kier molecular flexibility index (Phi) is 4.74. The van der Waals surface area contributed by atoms with E-state index in [9.17, 15) is 9.18 Å². The standard InChI is InChI=1S/C15H16FNO2S/c1-2-5-11(13-8-4-9-20-13)17-12-7-3-6-10(16)14(12)15(18)19/h3-4,6-9,11,17H,2,5H2,1H3,(H,18,19). The number of carboxylic acids is 1. The van der Waals surface area contributed by atoms with E-state index in [1.54, 1.807) is 17.4 Å². The summed E-state index contributed by atoms with van der Waals surface area (Å²) in [5.74, 6) is -1.98. The molecule has 1 heterocycles. The number of halogens is 1. The van der Waals surface area contributed by atoms with Crippen LogP contribution < -0.4 is 5.32 Å². The van der Waals surface area contributed by atoms with Gasteiger partial charge in [-0.15, -0.1) is 11.3 Å². The Morgan fingerprint density at radius 3 is 2.80 bits per heavy atom. The minimum atomic E-state index is -1.26. The quantitative estimate of drug-likeness (QED) is 0.822. The van der Waals surface area contributed by atoms with Crippen LogP contribution in [0.3, 0.4) is 0 Å². The van der Waals surface area contributed by atoms with Gasteiger partial charge in [-0.25, -0.2) is 9.18 Å². The summed E-state index contributed by atoms with van der Waals surface area (Å²) in [6.45, 7) is 2.06. The molecule has 3 nitrogen and oxygen atoms in total. The highest BCUT2D eigenvalue weighted by atomic mass is 32.1. The third-order valence-corrected chi connectivity index (χ3v) is 4.01. The topological polar surface area (TPSA) is 49.3 Å². The molecule has 2 aromatic rings. The van der Waals surface area contributed by atoms with Gasteiger partial charge in [0.05, 0.1) is 11.7 Å². The van der Waals surface area contributed by atoms with Crippen molar-refractivity contribution < 1.29 is 14.3 Å². The van der Waals surface area contributed by atoms with Gasteiger partial charge in [-0.05, 0) is 30.0 Å². The number of carbonyl (C=O) groups is 1. The molecule has 106 valence electrons. The summed E-state index contributed by atoms with van der Waals surface area (Å²) in [5.41, 5.74) is 0.0227. The number of rotatable bonds is 6. The van der Waals surface area contributed by atoms with E-state index in [4.69, 9.17) is 5.11 Å². The van der Waals surface area contributed by atoms with Crippen molar-refractivity contribution in [2.45, 2.75) is 25.8 Å². The van der Waals surface area contributed by atoms with Crippen LogP contribution in [0.25, 0.3) is 0 Å². The minimum Gasteiger partial charge on any atom is -0.478 e. The van der Waals surface area contributed by atoms with E-state index in [-0.39, 0.29) is 11.6 Å². The van der Waals surface area contributed by atoms with Crippen LogP contribution in [0.1, 0.15) is 41.0 Å². The van der Waals surface area contributed by atoms with Gasteiger partial charge in [0.2, 0.25) is 0 Å². The van der Waals surface area contributed by atoms with Crippen LogP contribution in [0.15, 0.2) is 35.7 Å². The van der Waals surface area contributed by atoms with Crippen molar-refractivity contribution in [3.63, 3.8) is 0 Å². The monoisotopic (exact) mass is 293 g/mol. The lowest BCUT2D eigenvalue weighted by molar-refractivity contribution is 0.0693. The zero-order valence-corrected chi connectivity index (χ0v) is 11.9. The normalized spacial score (nSPS) is 12.1. The molecule has 0 aliphatic rings. The van der Waals surface area contributed by atoms with E-state index < -0.39 is 11.8 Å². The van der Waals surface area contributed by atoms with Gasteiger partial charge in [0.25, 0.3) is 0 Å². The molecule has 0 spiro atoms. The van der Waals surface area contributed by atoms with Crippen molar-refractivity contribution in [1.82, 2.24) is 0 Å². The fourth-order valence-electron chi connectivity index (χ4n) is 2.11. The van der Waals surface area contributed by atoms with E-state index in [0.29, 0.717) is 5.69 Å². The number of thiophene rings is 1. The molecule has 0 radical (unpaired) electrons. The molecule has 2 rings (SSSR count). The number of anilines is 1. The number of hydrogen-bond donors (Lipinski definition) is 2. The molecule has 0 aliphatic heterocycles. The van der Waals surface area contributed by atoms with Crippen molar-refractivity contribution in [3.05, 3.63) is 52.0 Å². The molecular weight excluding hydrogens is 277 g/mol. The van der Waals surface area contributed by atoms with E-state index in [1.165, 1.54) is 6.07 Å². The lowest BCUT2D eigenvalue weighted by Gasteiger charge is -2.19. The number of hydrogen-bond acceptors (Lipinski definition) is 3. The van der Waals surface area contributed by atoms with Gasteiger partial charge in [-0.2, -0.15) is 0 Å². The van der Waals surface area contributed by atoms with Crippen molar-refractivity contribution >= 4 is 23.0 Å². The summed E-state index contributed by atoms with van der Waals surface area (Å²) >= 11 is 1.60. The number of nitrogens with one attached hydrogen (secondary N) is 1. The number of benzene rings is 1. The summed E-state index contributed by atoms with van der Waals surface area (Å²) in [5, 5.41) is 14.3. The van der Waals surface area contributed by atoms with Crippen LogP contribution in [-0.4, -0.2) is 11.1 Å². The fraction of sp³-hybridized carbons (Fsp3) is 0.267. The lowest BCUT2D eigenvalue weighted by Crippen LogP contribution is -2.13. The lowest BCUT2D eigenvalue weighted by atomic mass is 10.1. The van der Waals surface area contributed by atoms with E-state index in [0.717, 1.165) is 23.8 Å². The highest BCUT2D eigenvalue weighted by Gasteiger charge is 2.19. The second-order valence-electron chi connectivity index (χ2n) is 4.47. The molecular formula is C15H16FNO2S. The predicted molar refractivity (Wildman–Crippen MR) is 79.0 cm³/mol. The Hall–Kier alpha value is -1.88. The van der Waals surface area contributed by atoms with Crippen molar-refractivity contribution in [1.29, 1.82) is 0 Å². The molecule has 0 saturated carbocycles. The molecule has 1 atom stereocenters. The van der Waals surface area contributed by atoms with Crippen molar-refractivity contribution in [2.75, 3.05) is 5.32 Å². The van der Waals surface area contributed by atoms with Crippen LogP contribution in [0.2, 0.25) is 0 Å². The molecule has 2 N–H and O–H groups in total. The first-order chi connectivity index (χ1) is 9.63. The highest BCUT2D eigenvalue weighted by Crippen LogP contribution is 2.29. The fourth-order valence-corrected chi connectivity index (χ4v) is 2.93. The maximum absolute atomic E-state index is 13.7. The van der Waals surface area contributed by atoms with E-state index in [2.05, 4.69) is 12.2 Å². The second kappa shape index (κ2) is 6.52. The summed E-state index contributed by atoms with van der Waals surface area (Å²) in [6, 6.07) is 8.23. The molecule has 20 heavy (non-hydrogen) atoms. The Bertz CT molecular complexity index is 584. The molecule has 1 aromatic heterocycles. The van der Waals surface area contributed by atoms with Gasteiger partial charge in [0.1, 0.15) is 11.4 Å². The molecule has 0 aliphatic carbocycles. The third-order valence-electron chi connectivity index (χ3n) is 3.02. The number of aromatic carboxylic acids is 1. The number of carboxylic acid groups (broad SMARTS) is 1. The third kappa shape index (κ3) is 3.17. The molecule has 1 aromatic carbocycles. The Morgan fingerprint density at radius 1 is 1.40 bits per heavy atom. The smallest absolute Gasteiger partial charge is 0.340 e. The Labute approximate surface area is 121 Å². The maximum atomic E-state index is 13.7. The Morgan fingerprint density at radius 2 is 2.20 bits per heavy atom. The molecule has 0 fully saturated rings. The van der Waals surface area contributed by atoms with Crippen LogP contribution >= 0.6 is 11.3 Å². The molecule has 0 saturated heterocycles. The van der Waals surface area contributed by atoms with Crippen LogP contribution in [0, 0.1) is 5.82 Å². The predicted octanol–water partition coefficient (Wildman–Crippen LogP) is 4.54. The zero-order chi connectivity index (χ0) is 14.5. The summed E-state index contributed by atoms with van der Waals surface area (Å²) < 4.78 is 13.7. The minimum absolute atomic E-state index is 0.0000926. The first-order valence-corrected chi connectivity index (χ1v) is 7.33. The van der Waals surface area contributed by atoms with Crippen LogP contribution in [0.4, 0.5) is 10.1 Å². The molecule has 1 unspecified atom stereocenters.